The quantitative estimate of drug-likeness (QED) is 0.753. The minimum absolute atomic E-state index is 0.705. The standard InChI is InChI=1S/C14H15N3O/c1-18-14-5-3-2-4-12(14)6-7-15-10-13-11-16-8-9-17-13/h2-5,8-11H,6-7H2,1H3. The molecule has 18 heavy (non-hydrogen) atoms. The van der Waals surface area contributed by atoms with Gasteiger partial charge in [0.25, 0.3) is 0 Å². The normalized spacial score (nSPS) is 10.7. The highest BCUT2D eigenvalue weighted by molar-refractivity contribution is 5.76. The van der Waals surface area contributed by atoms with Crippen molar-refractivity contribution in [2.75, 3.05) is 13.7 Å². The van der Waals surface area contributed by atoms with Crippen molar-refractivity contribution in [3.05, 3.63) is 54.1 Å². The van der Waals surface area contributed by atoms with Gasteiger partial charge in [-0.3, -0.25) is 15.0 Å². The van der Waals surface area contributed by atoms with Crippen molar-refractivity contribution < 1.29 is 4.74 Å². The molecular formula is C14H15N3O. The number of ether oxygens (including phenoxy) is 1. The Bertz CT molecular complexity index is 511. The van der Waals surface area contributed by atoms with E-state index < -0.39 is 0 Å². The molecular weight excluding hydrogens is 226 g/mol. The number of para-hydroxylation sites is 1. The third-order valence-electron chi connectivity index (χ3n) is 2.51. The summed E-state index contributed by atoms with van der Waals surface area (Å²) in [6, 6.07) is 7.98. The van der Waals surface area contributed by atoms with Crippen LogP contribution < -0.4 is 4.74 Å². The molecule has 0 radical (unpaired) electrons. The molecule has 0 spiro atoms. The summed E-state index contributed by atoms with van der Waals surface area (Å²) in [6.45, 7) is 0.705. The zero-order valence-corrected chi connectivity index (χ0v) is 10.3. The highest BCUT2D eigenvalue weighted by atomic mass is 16.5. The number of methoxy groups -OCH3 is 1. The van der Waals surface area contributed by atoms with Crippen molar-refractivity contribution >= 4 is 6.21 Å². The van der Waals surface area contributed by atoms with Crippen LogP contribution >= 0.6 is 0 Å². The Kier molecular flexibility index (Phi) is 4.41. The van der Waals surface area contributed by atoms with Crippen LogP contribution in [0.4, 0.5) is 0 Å². The highest BCUT2D eigenvalue weighted by Crippen LogP contribution is 2.17. The lowest BCUT2D eigenvalue weighted by atomic mass is 10.1. The average Bonchev–Trinajstić information content (AvgIpc) is 2.45. The molecule has 0 bridgehead atoms. The maximum absolute atomic E-state index is 5.29. The molecule has 0 aliphatic heterocycles. The zero-order chi connectivity index (χ0) is 12.6. The molecule has 92 valence electrons. The second-order valence-electron chi connectivity index (χ2n) is 3.73. The third-order valence-corrected chi connectivity index (χ3v) is 2.51. The number of nitrogens with zero attached hydrogens (tertiary/aromatic N) is 3. The fourth-order valence-electron chi connectivity index (χ4n) is 1.63. The molecule has 1 aromatic carbocycles. The summed E-state index contributed by atoms with van der Waals surface area (Å²) in [5, 5.41) is 0. The molecule has 1 heterocycles. The maximum Gasteiger partial charge on any atom is 0.122 e. The Labute approximate surface area is 106 Å². The van der Waals surface area contributed by atoms with Gasteiger partial charge in [-0.15, -0.1) is 0 Å². The Hall–Kier alpha value is -2.23. The molecule has 0 saturated carbocycles. The summed E-state index contributed by atoms with van der Waals surface area (Å²) in [4.78, 5) is 12.4. The van der Waals surface area contributed by atoms with Gasteiger partial charge in [-0.2, -0.15) is 0 Å². The number of aromatic nitrogens is 2. The highest BCUT2D eigenvalue weighted by Gasteiger charge is 1.99. The van der Waals surface area contributed by atoms with E-state index in [4.69, 9.17) is 4.74 Å². The first-order chi connectivity index (χ1) is 8.90. The van der Waals surface area contributed by atoms with Crippen molar-refractivity contribution in [1.82, 2.24) is 9.97 Å². The van der Waals surface area contributed by atoms with Crippen LogP contribution in [0.5, 0.6) is 5.75 Å². The van der Waals surface area contributed by atoms with E-state index in [1.165, 1.54) is 0 Å². The first-order valence-corrected chi connectivity index (χ1v) is 5.78. The first-order valence-electron chi connectivity index (χ1n) is 5.78. The monoisotopic (exact) mass is 241 g/mol. The number of aliphatic imine (C=N–C) groups is 1. The van der Waals surface area contributed by atoms with Crippen LogP contribution in [0.15, 0.2) is 47.8 Å². The van der Waals surface area contributed by atoms with E-state index in [1.54, 1.807) is 31.9 Å². The van der Waals surface area contributed by atoms with Gasteiger partial charge in [0.05, 0.1) is 19.0 Å². The molecule has 4 heteroatoms. The smallest absolute Gasteiger partial charge is 0.122 e. The van der Waals surface area contributed by atoms with Crippen molar-refractivity contribution in [1.29, 1.82) is 0 Å². The van der Waals surface area contributed by atoms with Gasteiger partial charge >= 0.3 is 0 Å². The summed E-state index contributed by atoms with van der Waals surface area (Å²) >= 11 is 0. The molecule has 2 rings (SSSR count). The molecule has 0 amide bonds. The number of benzene rings is 1. The van der Waals surface area contributed by atoms with E-state index in [1.807, 2.05) is 18.2 Å². The summed E-state index contributed by atoms with van der Waals surface area (Å²) < 4.78 is 5.29. The predicted octanol–water partition coefficient (Wildman–Crippen LogP) is 2.15. The third kappa shape index (κ3) is 3.38. The minimum atomic E-state index is 0.705. The minimum Gasteiger partial charge on any atom is -0.496 e. The van der Waals surface area contributed by atoms with E-state index >= 15 is 0 Å². The summed E-state index contributed by atoms with van der Waals surface area (Å²) in [5.74, 6) is 0.909. The van der Waals surface area contributed by atoms with Crippen LogP contribution in [0.1, 0.15) is 11.3 Å². The largest absolute Gasteiger partial charge is 0.496 e. The van der Waals surface area contributed by atoms with Crippen molar-refractivity contribution in [3.8, 4) is 5.75 Å². The average molecular weight is 241 g/mol. The summed E-state index contributed by atoms with van der Waals surface area (Å²) in [5.41, 5.74) is 1.94. The molecule has 0 saturated heterocycles. The molecule has 0 N–H and O–H groups in total. The van der Waals surface area contributed by atoms with Crippen LogP contribution in [0, 0.1) is 0 Å². The van der Waals surface area contributed by atoms with Crippen molar-refractivity contribution in [2.24, 2.45) is 4.99 Å². The topological polar surface area (TPSA) is 47.4 Å². The summed E-state index contributed by atoms with van der Waals surface area (Å²) in [7, 11) is 1.68. The van der Waals surface area contributed by atoms with Gasteiger partial charge in [0, 0.05) is 25.2 Å². The molecule has 1 aromatic heterocycles. The Morgan fingerprint density at radius 3 is 2.94 bits per heavy atom. The number of hydrogen-bond acceptors (Lipinski definition) is 4. The van der Waals surface area contributed by atoms with Crippen LogP contribution in [0.25, 0.3) is 0 Å². The molecule has 4 nitrogen and oxygen atoms in total. The van der Waals surface area contributed by atoms with Gasteiger partial charge in [0.1, 0.15) is 5.75 Å². The Balaban J connectivity index is 1.91. The van der Waals surface area contributed by atoms with Crippen molar-refractivity contribution in [3.63, 3.8) is 0 Å². The van der Waals surface area contributed by atoms with Gasteiger partial charge in [-0.25, -0.2) is 0 Å². The number of hydrogen-bond donors (Lipinski definition) is 0. The van der Waals surface area contributed by atoms with Gasteiger partial charge in [-0.1, -0.05) is 18.2 Å². The maximum atomic E-state index is 5.29. The molecule has 0 aliphatic rings. The summed E-state index contributed by atoms with van der Waals surface area (Å²) in [6.07, 6.45) is 7.57. The predicted molar refractivity (Wildman–Crippen MR) is 71.2 cm³/mol. The van der Waals surface area contributed by atoms with E-state index in [2.05, 4.69) is 21.0 Å². The zero-order valence-electron chi connectivity index (χ0n) is 10.3. The van der Waals surface area contributed by atoms with Crippen LogP contribution in [-0.4, -0.2) is 29.8 Å². The molecule has 0 atom stereocenters. The van der Waals surface area contributed by atoms with Crippen LogP contribution in [0.2, 0.25) is 0 Å². The molecule has 0 fully saturated rings. The van der Waals surface area contributed by atoms with E-state index in [0.29, 0.717) is 6.54 Å². The van der Waals surface area contributed by atoms with Gasteiger partial charge in [-0.05, 0) is 18.1 Å². The van der Waals surface area contributed by atoms with Crippen molar-refractivity contribution in [2.45, 2.75) is 6.42 Å². The Morgan fingerprint density at radius 2 is 2.17 bits per heavy atom. The molecule has 0 aliphatic carbocycles. The van der Waals surface area contributed by atoms with Crippen LogP contribution in [0.3, 0.4) is 0 Å². The molecule has 2 aromatic rings. The lowest BCUT2D eigenvalue weighted by molar-refractivity contribution is 0.410. The van der Waals surface area contributed by atoms with E-state index in [0.717, 1.165) is 23.4 Å². The SMILES string of the molecule is COc1ccccc1CCN=Cc1cnccn1. The van der Waals surface area contributed by atoms with Crippen LogP contribution in [-0.2, 0) is 6.42 Å². The van der Waals surface area contributed by atoms with Gasteiger partial charge in [0.2, 0.25) is 0 Å². The molecule has 0 unspecified atom stereocenters. The first kappa shape index (κ1) is 12.2. The lowest BCUT2D eigenvalue weighted by Gasteiger charge is -2.05. The fourth-order valence-corrected chi connectivity index (χ4v) is 1.63. The lowest BCUT2D eigenvalue weighted by Crippen LogP contribution is -1.95. The number of rotatable bonds is 5. The van der Waals surface area contributed by atoms with E-state index in [9.17, 15) is 0 Å². The fraction of sp³-hybridized carbons (Fsp3) is 0.214. The second-order valence-corrected chi connectivity index (χ2v) is 3.73. The Morgan fingerprint density at radius 1 is 1.28 bits per heavy atom. The second kappa shape index (κ2) is 6.49. The van der Waals surface area contributed by atoms with Gasteiger partial charge < -0.3 is 4.74 Å². The van der Waals surface area contributed by atoms with Gasteiger partial charge in [0.15, 0.2) is 0 Å². The van der Waals surface area contributed by atoms with E-state index in [-0.39, 0.29) is 0 Å².